The smallest absolute Gasteiger partial charge is 0.418 e. The van der Waals surface area contributed by atoms with E-state index >= 15 is 0 Å². The zero-order chi connectivity index (χ0) is 30.9. The quantitative estimate of drug-likeness (QED) is 0.242. The van der Waals surface area contributed by atoms with E-state index in [1.54, 1.807) is 20.4 Å². The van der Waals surface area contributed by atoms with Gasteiger partial charge < -0.3 is 24.3 Å². The second kappa shape index (κ2) is 14.9. The van der Waals surface area contributed by atoms with Crippen LogP contribution in [0.25, 0.3) is 0 Å². The fourth-order valence-corrected chi connectivity index (χ4v) is 4.72. The van der Waals surface area contributed by atoms with E-state index < -0.39 is 23.8 Å². The third-order valence-corrected chi connectivity index (χ3v) is 6.75. The molecule has 0 bridgehead atoms. The molecule has 0 radical (unpaired) electrons. The summed E-state index contributed by atoms with van der Waals surface area (Å²) in [6.45, 7) is 9.96. The number of aromatic nitrogens is 1. The van der Waals surface area contributed by atoms with Gasteiger partial charge in [0.1, 0.15) is 23.1 Å². The minimum Gasteiger partial charge on any atom is -0.497 e. The standard InChI is InChI=1S/C33H45N3O6/c1-22(2)20-27(31(37)41-8)34-21-28(29-10-9-19-36(29)32(38)42-33(3,4)5)35-30(23-11-15-25(39-6)16-12-23)24-13-17-26(40-7)18-14-24/h9-19,22,27-28,30,34-35H,20-21H2,1-8H3. The third kappa shape index (κ3) is 9.09. The summed E-state index contributed by atoms with van der Waals surface area (Å²) in [6.07, 6.45) is 1.82. The molecule has 0 saturated heterocycles. The summed E-state index contributed by atoms with van der Waals surface area (Å²) in [5, 5.41) is 7.17. The van der Waals surface area contributed by atoms with E-state index in [-0.39, 0.29) is 17.9 Å². The van der Waals surface area contributed by atoms with E-state index in [0.29, 0.717) is 18.7 Å². The minimum absolute atomic E-state index is 0.269. The lowest BCUT2D eigenvalue weighted by Gasteiger charge is -2.30. The highest BCUT2D eigenvalue weighted by atomic mass is 16.6. The van der Waals surface area contributed by atoms with Crippen LogP contribution < -0.4 is 20.1 Å². The number of ether oxygens (including phenoxy) is 4. The molecule has 0 fully saturated rings. The average molecular weight is 580 g/mol. The van der Waals surface area contributed by atoms with Crippen molar-refractivity contribution in [2.45, 2.75) is 64.8 Å². The average Bonchev–Trinajstić information content (AvgIpc) is 3.45. The van der Waals surface area contributed by atoms with Gasteiger partial charge in [-0.15, -0.1) is 0 Å². The lowest BCUT2D eigenvalue weighted by molar-refractivity contribution is -0.143. The van der Waals surface area contributed by atoms with Crippen LogP contribution in [0.4, 0.5) is 4.79 Å². The maximum atomic E-state index is 13.2. The number of nitrogens with one attached hydrogen (secondary N) is 2. The Hall–Kier alpha value is -3.82. The van der Waals surface area contributed by atoms with Crippen molar-refractivity contribution in [3.05, 3.63) is 83.7 Å². The molecular weight excluding hydrogens is 534 g/mol. The van der Waals surface area contributed by atoms with Crippen LogP contribution in [0.15, 0.2) is 66.9 Å². The Bertz CT molecular complexity index is 1230. The lowest BCUT2D eigenvalue weighted by Crippen LogP contribution is -2.44. The molecule has 0 spiro atoms. The van der Waals surface area contributed by atoms with Gasteiger partial charge in [0.25, 0.3) is 0 Å². The largest absolute Gasteiger partial charge is 0.497 e. The maximum Gasteiger partial charge on any atom is 0.418 e. The van der Waals surface area contributed by atoms with Crippen LogP contribution in [-0.2, 0) is 14.3 Å². The van der Waals surface area contributed by atoms with Gasteiger partial charge >= 0.3 is 12.1 Å². The number of nitrogens with zero attached hydrogens (tertiary/aromatic N) is 1. The van der Waals surface area contributed by atoms with Crippen LogP contribution in [0.2, 0.25) is 0 Å². The van der Waals surface area contributed by atoms with Gasteiger partial charge in [-0.3, -0.25) is 14.7 Å². The number of methoxy groups -OCH3 is 3. The predicted octanol–water partition coefficient (Wildman–Crippen LogP) is 5.89. The summed E-state index contributed by atoms with van der Waals surface area (Å²) in [4.78, 5) is 25.9. The van der Waals surface area contributed by atoms with Crippen molar-refractivity contribution in [2.24, 2.45) is 5.92 Å². The fraction of sp³-hybridized carbons (Fsp3) is 0.455. The van der Waals surface area contributed by atoms with Gasteiger partial charge in [-0.25, -0.2) is 4.79 Å². The Labute approximate surface area is 249 Å². The second-order valence-corrected chi connectivity index (χ2v) is 11.6. The highest BCUT2D eigenvalue weighted by molar-refractivity contribution is 5.75. The molecule has 0 saturated carbocycles. The molecule has 42 heavy (non-hydrogen) atoms. The molecule has 9 nitrogen and oxygen atoms in total. The first-order chi connectivity index (χ1) is 19.9. The molecule has 3 aromatic rings. The summed E-state index contributed by atoms with van der Waals surface area (Å²) in [6, 6.07) is 18.2. The summed E-state index contributed by atoms with van der Waals surface area (Å²) in [5.41, 5.74) is 2.01. The molecule has 1 heterocycles. The zero-order valence-corrected chi connectivity index (χ0v) is 26.0. The maximum absolute atomic E-state index is 13.2. The van der Waals surface area contributed by atoms with E-state index in [2.05, 4.69) is 24.5 Å². The van der Waals surface area contributed by atoms with E-state index in [9.17, 15) is 9.59 Å². The van der Waals surface area contributed by atoms with Crippen LogP contribution in [0.3, 0.4) is 0 Å². The van der Waals surface area contributed by atoms with E-state index in [1.807, 2.05) is 81.4 Å². The third-order valence-electron chi connectivity index (χ3n) is 6.75. The Morgan fingerprint density at radius 3 is 1.86 bits per heavy atom. The molecule has 1 aromatic heterocycles. The first-order valence-corrected chi connectivity index (χ1v) is 14.2. The van der Waals surface area contributed by atoms with Crippen LogP contribution in [0.1, 0.15) is 69.9 Å². The normalized spacial score (nSPS) is 13.1. The number of hydrogen-bond acceptors (Lipinski definition) is 8. The summed E-state index contributed by atoms with van der Waals surface area (Å²) >= 11 is 0. The van der Waals surface area contributed by atoms with Crippen LogP contribution >= 0.6 is 0 Å². The minimum atomic E-state index is -0.665. The van der Waals surface area contributed by atoms with Gasteiger partial charge in [0.05, 0.1) is 33.4 Å². The molecule has 2 atom stereocenters. The SMILES string of the molecule is COC(=O)C(CC(C)C)NCC(NC(c1ccc(OC)cc1)c1ccc(OC)cc1)c1cccn1C(=O)OC(C)(C)C. The molecule has 0 aliphatic carbocycles. The molecule has 2 aromatic carbocycles. The van der Waals surface area contributed by atoms with Crippen molar-refractivity contribution in [3.63, 3.8) is 0 Å². The number of carbonyl (C=O) groups is 2. The van der Waals surface area contributed by atoms with Crippen molar-refractivity contribution in [2.75, 3.05) is 27.9 Å². The molecule has 0 aliphatic rings. The number of hydrogen-bond donors (Lipinski definition) is 2. The molecule has 2 N–H and O–H groups in total. The topological polar surface area (TPSA) is 100 Å². The van der Waals surface area contributed by atoms with Gasteiger partial charge in [-0.05, 0) is 80.6 Å². The zero-order valence-electron chi connectivity index (χ0n) is 26.0. The highest BCUT2D eigenvalue weighted by Gasteiger charge is 2.28. The van der Waals surface area contributed by atoms with E-state index in [1.165, 1.54) is 11.7 Å². The Morgan fingerprint density at radius 2 is 1.40 bits per heavy atom. The predicted molar refractivity (Wildman–Crippen MR) is 163 cm³/mol. The number of carbonyl (C=O) groups excluding carboxylic acids is 2. The first kappa shape index (κ1) is 32.7. The van der Waals surface area contributed by atoms with Crippen molar-refractivity contribution in [1.82, 2.24) is 15.2 Å². The molecule has 3 rings (SSSR count). The molecule has 9 heteroatoms. The van der Waals surface area contributed by atoms with Gasteiger partial charge in [0.15, 0.2) is 0 Å². The Balaban J connectivity index is 2.06. The van der Waals surface area contributed by atoms with Gasteiger partial charge in [-0.1, -0.05) is 38.1 Å². The van der Waals surface area contributed by atoms with Crippen molar-refractivity contribution < 1.29 is 28.5 Å². The Morgan fingerprint density at radius 1 is 0.857 bits per heavy atom. The van der Waals surface area contributed by atoms with Gasteiger partial charge in [0, 0.05) is 18.4 Å². The lowest BCUT2D eigenvalue weighted by atomic mass is 9.96. The molecule has 2 unspecified atom stereocenters. The van der Waals surface area contributed by atoms with Crippen molar-refractivity contribution in [3.8, 4) is 11.5 Å². The van der Waals surface area contributed by atoms with E-state index in [4.69, 9.17) is 18.9 Å². The molecule has 0 amide bonds. The van der Waals surface area contributed by atoms with Crippen molar-refractivity contribution >= 4 is 12.1 Å². The fourth-order valence-electron chi connectivity index (χ4n) is 4.72. The van der Waals surface area contributed by atoms with Crippen LogP contribution in [-0.4, -0.2) is 56.1 Å². The summed E-state index contributed by atoms with van der Waals surface area (Å²) < 4.78 is 23.1. The highest BCUT2D eigenvalue weighted by Crippen LogP contribution is 2.29. The van der Waals surface area contributed by atoms with E-state index in [0.717, 1.165) is 22.6 Å². The Kier molecular flexibility index (Phi) is 11.6. The van der Waals surface area contributed by atoms with Gasteiger partial charge in [-0.2, -0.15) is 0 Å². The molecule has 228 valence electrons. The summed E-state index contributed by atoms with van der Waals surface area (Å²) in [5.74, 6) is 1.44. The van der Waals surface area contributed by atoms with Gasteiger partial charge in [0.2, 0.25) is 0 Å². The van der Waals surface area contributed by atoms with Crippen LogP contribution in [0.5, 0.6) is 11.5 Å². The molecular formula is C33H45N3O6. The monoisotopic (exact) mass is 579 g/mol. The number of rotatable bonds is 13. The molecule has 0 aliphatic heterocycles. The second-order valence-electron chi connectivity index (χ2n) is 11.6. The number of benzene rings is 2. The van der Waals surface area contributed by atoms with Crippen LogP contribution in [0, 0.1) is 5.92 Å². The number of esters is 1. The van der Waals surface area contributed by atoms with Crippen molar-refractivity contribution in [1.29, 1.82) is 0 Å². The summed E-state index contributed by atoms with van der Waals surface area (Å²) in [7, 11) is 4.66. The first-order valence-electron chi connectivity index (χ1n) is 14.2.